The van der Waals surface area contributed by atoms with Crippen LogP contribution in [0.3, 0.4) is 0 Å². The van der Waals surface area contributed by atoms with Crippen molar-refractivity contribution >= 4 is 11.9 Å². The zero-order valence-corrected chi connectivity index (χ0v) is 13.8. The fraction of sp³-hybridized carbons (Fsp3) is 0.722. The Morgan fingerprint density at radius 2 is 1.70 bits per heavy atom. The minimum Gasteiger partial charge on any atom is -0.342 e. The summed E-state index contributed by atoms with van der Waals surface area (Å²) >= 11 is 0. The van der Waals surface area contributed by atoms with E-state index < -0.39 is 0 Å². The lowest BCUT2D eigenvalue weighted by molar-refractivity contribution is -0.136. The first-order valence-corrected chi connectivity index (χ1v) is 9.12. The zero-order chi connectivity index (χ0) is 15.7. The summed E-state index contributed by atoms with van der Waals surface area (Å²) < 4.78 is 0. The van der Waals surface area contributed by atoms with Crippen LogP contribution in [-0.2, 0) is 4.79 Å². The Kier molecular flexibility index (Phi) is 3.95. The molecule has 0 aromatic carbocycles. The number of piperidine rings is 1. The Bertz CT molecular complexity index is 547. The first-order chi connectivity index (χ1) is 11.3. The number of likely N-dealkylation sites (tertiary alicyclic amines) is 1. The summed E-state index contributed by atoms with van der Waals surface area (Å²) in [5.41, 5.74) is 0.174. The van der Waals surface area contributed by atoms with Gasteiger partial charge in [-0.1, -0.05) is 12.8 Å². The average molecular weight is 314 g/mol. The predicted octanol–water partition coefficient (Wildman–Crippen LogP) is 2.63. The minimum atomic E-state index is 0.174. The molecule has 1 spiro atoms. The van der Waals surface area contributed by atoms with Gasteiger partial charge >= 0.3 is 0 Å². The molecule has 1 aliphatic carbocycles. The molecule has 0 atom stereocenters. The van der Waals surface area contributed by atoms with E-state index in [4.69, 9.17) is 0 Å². The van der Waals surface area contributed by atoms with Gasteiger partial charge in [0.1, 0.15) is 0 Å². The molecule has 23 heavy (non-hydrogen) atoms. The number of carbonyl (C=O) groups excluding carboxylic acids is 1. The third-order valence-corrected chi connectivity index (χ3v) is 6.10. The van der Waals surface area contributed by atoms with Gasteiger partial charge in [-0.2, -0.15) is 0 Å². The molecular weight excluding hydrogens is 288 g/mol. The molecule has 0 bridgehead atoms. The molecule has 0 N–H and O–H groups in total. The number of hydrogen-bond acceptors (Lipinski definition) is 4. The largest absolute Gasteiger partial charge is 0.342 e. The van der Waals surface area contributed by atoms with Crippen molar-refractivity contribution in [1.82, 2.24) is 14.9 Å². The third kappa shape index (κ3) is 2.70. The Morgan fingerprint density at radius 1 is 1.00 bits per heavy atom. The number of anilines is 1. The van der Waals surface area contributed by atoms with Crippen LogP contribution in [0.1, 0.15) is 51.4 Å². The molecule has 5 nitrogen and oxygen atoms in total. The van der Waals surface area contributed by atoms with Crippen molar-refractivity contribution in [3.05, 3.63) is 18.5 Å². The second-order valence-electron chi connectivity index (χ2n) is 7.33. The highest BCUT2D eigenvalue weighted by molar-refractivity contribution is 5.79. The van der Waals surface area contributed by atoms with E-state index in [9.17, 15) is 4.79 Å². The van der Waals surface area contributed by atoms with Gasteiger partial charge in [-0.15, -0.1) is 0 Å². The maximum Gasteiger partial charge on any atom is 0.225 e. The molecule has 3 aliphatic rings. The summed E-state index contributed by atoms with van der Waals surface area (Å²) in [4.78, 5) is 26.1. The smallest absolute Gasteiger partial charge is 0.225 e. The number of amides is 1. The van der Waals surface area contributed by atoms with Crippen LogP contribution < -0.4 is 4.90 Å². The summed E-state index contributed by atoms with van der Waals surface area (Å²) in [5.74, 6) is 1.58. The topological polar surface area (TPSA) is 49.3 Å². The second-order valence-corrected chi connectivity index (χ2v) is 7.33. The van der Waals surface area contributed by atoms with Crippen LogP contribution in [0.5, 0.6) is 0 Å². The molecule has 1 amide bonds. The van der Waals surface area contributed by atoms with Gasteiger partial charge in [0.05, 0.1) is 0 Å². The van der Waals surface area contributed by atoms with Crippen molar-refractivity contribution in [3.8, 4) is 0 Å². The summed E-state index contributed by atoms with van der Waals surface area (Å²) in [6.07, 6.45) is 12.8. The van der Waals surface area contributed by atoms with Gasteiger partial charge in [0.2, 0.25) is 11.9 Å². The fourth-order valence-electron chi connectivity index (χ4n) is 4.78. The minimum absolute atomic E-state index is 0.174. The van der Waals surface area contributed by atoms with Crippen molar-refractivity contribution in [1.29, 1.82) is 0 Å². The van der Waals surface area contributed by atoms with Gasteiger partial charge < -0.3 is 9.80 Å². The van der Waals surface area contributed by atoms with E-state index in [-0.39, 0.29) is 5.54 Å². The lowest BCUT2D eigenvalue weighted by Gasteiger charge is -2.45. The molecule has 5 heteroatoms. The summed E-state index contributed by atoms with van der Waals surface area (Å²) in [6, 6.07) is 1.87. The van der Waals surface area contributed by atoms with Crippen LogP contribution in [0.4, 0.5) is 5.95 Å². The van der Waals surface area contributed by atoms with Crippen molar-refractivity contribution in [2.24, 2.45) is 5.92 Å². The summed E-state index contributed by atoms with van der Waals surface area (Å²) in [6.45, 7) is 2.85. The van der Waals surface area contributed by atoms with Crippen molar-refractivity contribution in [3.63, 3.8) is 0 Å². The van der Waals surface area contributed by atoms with Crippen molar-refractivity contribution in [2.45, 2.75) is 56.9 Å². The molecule has 2 aliphatic heterocycles. The monoisotopic (exact) mass is 314 g/mol. The van der Waals surface area contributed by atoms with Gasteiger partial charge in [0.15, 0.2) is 0 Å². The normalized spacial score (nSPS) is 24.5. The number of hydrogen-bond donors (Lipinski definition) is 0. The molecule has 0 radical (unpaired) electrons. The van der Waals surface area contributed by atoms with Crippen molar-refractivity contribution < 1.29 is 4.79 Å². The summed E-state index contributed by atoms with van der Waals surface area (Å²) in [7, 11) is 0. The van der Waals surface area contributed by atoms with Gasteiger partial charge in [0.25, 0.3) is 0 Å². The second kappa shape index (κ2) is 6.10. The third-order valence-electron chi connectivity index (χ3n) is 6.10. The maximum atomic E-state index is 12.6. The Balaban J connectivity index is 1.44. The van der Waals surface area contributed by atoms with E-state index >= 15 is 0 Å². The number of aromatic nitrogens is 2. The van der Waals surface area contributed by atoms with Crippen LogP contribution >= 0.6 is 0 Å². The molecule has 3 heterocycles. The van der Waals surface area contributed by atoms with Gasteiger partial charge in [-0.05, 0) is 44.6 Å². The quantitative estimate of drug-likeness (QED) is 0.842. The number of nitrogens with zero attached hydrogens (tertiary/aromatic N) is 4. The van der Waals surface area contributed by atoms with Gasteiger partial charge in [0, 0.05) is 43.5 Å². The average Bonchev–Trinajstić information content (AvgIpc) is 3.26. The highest BCUT2D eigenvalue weighted by atomic mass is 16.2. The van der Waals surface area contributed by atoms with E-state index in [0.717, 1.165) is 51.3 Å². The molecule has 1 saturated carbocycles. The Labute approximate surface area is 138 Å². The first-order valence-electron chi connectivity index (χ1n) is 9.12. The van der Waals surface area contributed by atoms with Crippen LogP contribution in [0.15, 0.2) is 18.5 Å². The predicted molar refractivity (Wildman–Crippen MR) is 89.1 cm³/mol. The van der Waals surface area contributed by atoms with Crippen LogP contribution in [0.25, 0.3) is 0 Å². The van der Waals surface area contributed by atoms with Gasteiger partial charge in [-0.25, -0.2) is 9.97 Å². The van der Waals surface area contributed by atoms with E-state index in [1.807, 2.05) is 18.5 Å². The lowest BCUT2D eigenvalue weighted by atomic mass is 9.84. The number of carbonyl (C=O) groups is 1. The SMILES string of the molecule is O=C(C1CCCC1)N1CCC2(CCCN2c2ncccn2)CC1. The Morgan fingerprint density at radius 3 is 2.39 bits per heavy atom. The summed E-state index contributed by atoms with van der Waals surface area (Å²) in [5, 5.41) is 0. The standard InChI is InChI=1S/C18H26N4O/c23-16(15-5-1-2-6-15)21-13-8-18(9-14-21)7-3-12-22(18)17-19-10-4-11-20-17/h4,10-11,15H,1-3,5-9,12-14H2. The van der Waals surface area contributed by atoms with Crippen LogP contribution in [0, 0.1) is 5.92 Å². The highest BCUT2D eigenvalue weighted by Gasteiger charge is 2.45. The molecule has 1 aromatic rings. The van der Waals surface area contributed by atoms with Crippen LogP contribution in [-0.4, -0.2) is 45.9 Å². The van der Waals surface area contributed by atoms with E-state index in [1.54, 1.807) is 0 Å². The number of rotatable bonds is 2. The molecule has 124 valence electrons. The van der Waals surface area contributed by atoms with Crippen molar-refractivity contribution in [2.75, 3.05) is 24.5 Å². The first kappa shape index (κ1) is 14.9. The molecule has 3 fully saturated rings. The molecule has 1 aromatic heterocycles. The maximum absolute atomic E-state index is 12.6. The zero-order valence-electron chi connectivity index (χ0n) is 13.8. The molecule has 4 rings (SSSR count). The highest BCUT2D eigenvalue weighted by Crippen LogP contribution is 2.40. The lowest BCUT2D eigenvalue weighted by Crippen LogP contribution is -2.54. The molecule has 0 unspecified atom stereocenters. The molecule has 2 saturated heterocycles. The van der Waals surface area contributed by atoms with Crippen LogP contribution in [0.2, 0.25) is 0 Å². The molecular formula is C18H26N4O. The van der Waals surface area contributed by atoms with E-state index in [2.05, 4.69) is 19.8 Å². The Hall–Kier alpha value is -1.65. The fourth-order valence-corrected chi connectivity index (χ4v) is 4.78. The van der Waals surface area contributed by atoms with Gasteiger partial charge in [-0.3, -0.25) is 4.79 Å². The van der Waals surface area contributed by atoms with E-state index in [0.29, 0.717) is 11.8 Å². The van der Waals surface area contributed by atoms with E-state index in [1.165, 1.54) is 25.7 Å².